The van der Waals surface area contributed by atoms with E-state index < -0.39 is 0 Å². The van der Waals surface area contributed by atoms with Crippen molar-refractivity contribution in [3.05, 3.63) is 11.8 Å². The van der Waals surface area contributed by atoms with Crippen molar-refractivity contribution in [1.82, 2.24) is 15.5 Å². The highest BCUT2D eigenvalue weighted by atomic mass is 16.4. The summed E-state index contributed by atoms with van der Waals surface area (Å²) in [6, 6.07) is 0.227. The highest BCUT2D eigenvalue weighted by molar-refractivity contribution is 4.84. The number of hydrogen-bond donors (Lipinski definition) is 2. The normalized spacial score (nSPS) is 14.1. The Morgan fingerprint density at radius 2 is 2.06 bits per heavy atom. The van der Waals surface area contributed by atoms with E-state index in [1.807, 2.05) is 0 Å². The molecule has 1 atom stereocenters. The van der Waals surface area contributed by atoms with Gasteiger partial charge in [0.1, 0.15) is 0 Å². The molecule has 0 saturated carbocycles. The van der Waals surface area contributed by atoms with Crippen LogP contribution >= 0.6 is 0 Å². The van der Waals surface area contributed by atoms with Gasteiger partial charge in [-0.25, -0.2) is 0 Å². The van der Waals surface area contributed by atoms with Crippen LogP contribution in [0.4, 0.5) is 0 Å². The van der Waals surface area contributed by atoms with Gasteiger partial charge in [-0.05, 0) is 11.8 Å². The number of aliphatic hydroxyl groups excluding tert-OH is 1. The molecule has 0 aromatic carbocycles. The number of aromatic nitrogens is 2. The Morgan fingerprint density at radius 3 is 2.50 bits per heavy atom. The lowest BCUT2D eigenvalue weighted by atomic mass is 9.85. The second kappa shape index (κ2) is 5.41. The molecule has 1 rings (SSSR count). The van der Waals surface area contributed by atoms with Crippen LogP contribution in [0.5, 0.6) is 0 Å². The Kier molecular flexibility index (Phi) is 4.44. The maximum Gasteiger partial charge on any atom is 0.230 e. The lowest BCUT2D eigenvalue weighted by Gasteiger charge is -2.30. The van der Waals surface area contributed by atoms with E-state index in [9.17, 15) is 0 Å². The average Bonchev–Trinajstić information content (AvgIpc) is 2.57. The molecule has 0 unspecified atom stereocenters. The summed E-state index contributed by atoms with van der Waals surface area (Å²) in [6.07, 6.45) is 0.719. The molecule has 2 N–H and O–H groups in total. The van der Waals surface area contributed by atoms with Gasteiger partial charge in [-0.15, -0.1) is 10.2 Å². The molecule has 1 aromatic rings. The van der Waals surface area contributed by atoms with E-state index in [0.717, 1.165) is 6.42 Å². The van der Waals surface area contributed by atoms with Gasteiger partial charge in [0.2, 0.25) is 11.8 Å². The van der Waals surface area contributed by atoms with Crippen LogP contribution in [0.15, 0.2) is 4.42 Å². The van der Waals surface area contributed by atoms with E-state index in [1.54, 1.807) is 6.92 Å². The van der Waals surface area contributed by atoms with Crippen LogP contribution in [0.2, 0.25) is 0 Å². The minimum absolute atomic E-state index is 0.0950. The molecule has 0 bridgehead atoms. The van der Waals surface area contributed by atoms with Crippen molar-refractivity contribution in [1.29, 1.82) is 0 Å². The van der Waals surface area contributed by atoms with Crippen molar-refractivity contribution in [3.63, 3.8) is 0 Å². The summed E-state index contributed by atoms with van der Waals surface area (Å²) in [6.45, 7) is 8.91. The van der Waals surface area contributed by atoms with E-state index in [0.29, 0.717) is 18.3 Å². The Labute approximate surface area is 96.3 Å². The summed E-state index contributed by atoms with van der Waals surface area (Å²) in [5.41, 5.74) is 0.0950. The molecule has 16 heavy (non-hydrogen) atoms. The topological polar surface area (TPSA) is 71.2 Å². The Bertz CT molecular complexity index is 317. The third-order valence-electron chi connectivity index (χ3n) is 2.53. The van der Waals surface area contributed by atoms with Crippen LogP contribution in [0.1, 0.15) is 39.0 Å². The first-order chi connectivity index (χ1) is 7.43. The molecule has 0 saturated heterocycles. The molecule has 5 nitrogen and oxygen atoms in total. The van der Waals surface area contributed by atoms with Crippen molar-refractivity contribution in [2.75, 3.05) is 6.61 Å². The number of aliphatic hydroxyl groups is 1. The molecule has 5 heteroatoms. The van der Waals surface area contributed by atoms with E-state index in [1.165, 1.54) is 0 Å². The fourth-order valence-electron chi connectivity index (χ4n) is 1.59. The average molecular weight is 227 g/mol. The molecule has 0 aliphatic rings. The van der Waals surface area contributed by atoms with Crippen LogP contribution in [0, 0.1) is 12.3 Å². The van der Waals surface area contributed by atoms with Gasteiger partial charge in [-0.2, -0.15) is 0 Å². The summed E-state index contributed by atoms with van der Waals surface area (Å²) in [4.78, 5) is 0. The number of aryl methyl sites for hydroxylation is 1. The standard InChI is InChI=1S/C11H21N3O2/c1-8-13-14-10(16-8)7-12-9(5-6-15)11(2,3)4/h9,12,15H,5-7H2,1-4H3/t9-/m0/s1. The van der Waals surface area contributed by atoms with Crippen LogP contribution < -0.4 is 5.32 Å². The maximum absolute atomic E-state index is 9.01. The number of hydrogen-bond acceptors (Lipinski definition) is 5. The lowest BCUT2D eigenvalue weighted by molar-refractivity contribution is 0.193. The molecule has 0 fully saturated rings. The van der Waals surface area contributed by atoms with Crippen molar-refractivity contribution in [2.45, 2.75) is 46.7 Å². The lowest BCUT2D eigenvalue weighted by Crippen LogP contribution is -2.40. The summed E-state index contributed by atoms with van der Waals surface area (Å²) in [5.74, 6) is 1.16. The molecule has 0 spiro atoms. The largest absolute Gasteiger partial charge is 0.424 e. The third-order valence-corrected chi connectivity index (χ3v) is 2.53. The van der Waals surface area contributed by atoms with E-state index in [-0.39, 0.29) is 18.1 Å². The predicted molar refractivity (Wildman–Crippen MR) is 60.8 cm³/mol. The van der Waals surface area contributed by atoms with Crippen LogP contribution in [0.3, 0.4) is 0 Å². The molecule has 0 aliphatic carbocycles. The van der Waals surface area contributed by atoms with Crippen molar-refractivity contribution < 1.29 is 9.52 Å². The zero-order valence-corrected chi connectivity index (χ0v) is 10.4. The fourth-order valence-corrected chi connectivity index (χ4v) is 1.59. The molecular weight excluding hydrogens is 206 g/mol. The van der Waals surface area contributed by atoms with Crippen molar-refractivity contribution in [2.24, 2.45) is 5.41 Å². The van der Waals surface area contributed by atoms with Gasteiger partial charge in [-0.3, -0.25) is 0 Å². The van der Waals surface area contributed by atoms with Crippen LogP contribution in [-0.4, -0.2) is 28.0 Å². The van der Waals surface area contributed by atoms with Crippen molar-refractivity contribution in [3.8, 4) is 0 Å². The number of rotatable bonds is 5. The molecular formula is C11H21N3O2. The summed E-state index contributed by atoms with van der Waals surface area (Å²) in [7, 11) is 0. The first-order valence-corrected chi connectivity index (χ1v) is 5.56. The first-order valence-electron chi connectivity index (χ1n) is 5.56. The smallest absolute Gasteiger partial charge is 0.230 e. The van der Waals surface area contributed by atoms with Crippen LogP contribution in [0.25, 0.3) is 0 Å². The van der Waals surface area contributed by atoms with Gasteiger partial charge >= 0.3 is 0 Å². The second-order valence-electron chi connectivity index (χ2n) is 5.03. The maximum atomic E-state index is 9.01. The van der Waals surface area contributed by atoms with Gasteiger partial charge in [-0.1, -0.05) is 20.8 Å². The zero-order valence-electron chi connectivity index (χ0n) is 10.4. The highest BCUT2D eigenvalue weighted by Gasteiger charge is 2.23. The monoisotopic (exact) mass is 227 g/mol. The Morgan fingerprint density at radius 1 is 1.38 bits per heavy atom. The minimum atomic E-state index is 0.0950. The Hall–Kier alpha value is -0.940. The number of nitrogens with one attached hydrogen (secondary N) is 1. The predicted octanol–water partition coefficient (Wildman–Crippen LogP) is 1.26. The molecule has 1 heterocycles. The van der Waals surface area contributed by atoms with Gasteiger partial charge < -0.3 is 14.8 Å². The fraction of sp³-hybridized carbons (Fsp3) is 0.818. The van der Waals surface area contributed by atoms with E-state index in [2.05, 4.69) is 36.3 Å². The van der Waals surface area contributed by atoms with Crippen molar-refractivity contribution >= 4 is 0 Å². The third kappa shape index (κ3) is 3.90. The van der Waals surface area contributed by atoms with Gasteiger partial charge in [0.15, 0.2) is 0 Å². The summed E-state index contributed by atoms with van der Waals surface area (Å²) in [5, 5.41) is 20.0. The highest BCUT2D eigenvalue weighted by Crippen LogP contribution is 2.21. The molecule has 1 aromatic heterocycles. The SMILES string of the molecule is Cc1nnc(CN[C@@H](CCO)C(C)(C)C)o1. The number of nitrogens with zero attached hydrogens (tertiary/aromatic N) is 2. The molecule has 0 aliphatic heterocycles. The van der Waals surface area contributed by atoms with Gasteiger partial charge in [0.05, 0.1) is 6.54 Å². The second-order valence-corrected chi connectivity index (χ2v) is 5.03. The first kappa shape index (κ1) is 13.1. The van der Waals surface area contributed by atoms with Crippen LogP contribution in [-0.2, 0) is 6.54 Å². The Balaban J connectivity index is 2.50. The van der Waals surface area contributed by atoms with Gasteiger partial charge in [0, 0.05) is 19.6 Å². The quantitative estimate of drug-likeness (QED) is 0.792. The zero-order chi connectivity index (χ0) is 12.2. The summed E-state index contributed by atoms with van der Waals surface area (Å²) >= 11 is 0. The molecule has 92 valence electrons. The van der Waals surface area contributed by atoms with E-state index >= 15 is 0 Å². The molecule has 0 radical (unpaired) electrons. The molecule has 0 amide bonds. The van der Waals surface area contributed by atoms with E-state index in [4.69, 9.17) is 9.52 Å². The summed E-state index contributed by atoms with van der Waals surface area (Å²) < 4.78 is 5.28. The van der Waals surface area contributed by atoms with Gasteiger partial charge in [0.25, 0.3) is 0 Å². The minimum Gasteiger partial charge on any atom is -0.424 e.